The number of anilines is 1. The fourth-order valence-corrected chi connectivity index (χ4v) is 5.03. The Morgan fingerprint density at radius 2 is 1.88 bits per heavy atom. The number of carbonyl (C=O) groups excluding carboxylic acids is 1. The van der Waals surface area contributed by atoms with Gasteiger partial charge >= 0.3 is 0 Å². The van der Waals surface area contributed by atoms with Gasteiger partial charge in [-0.15, -0.1) is 0 Å². The summed E-state index contributed by atoms with van der Waals surface area (Å²) in [5.74, 6) is 0.576. The number of aryl methyl sites for hydroxylation is 2. The molecule has 0 spiro atoms. The lowest BCUT2D eigenvalue weighted by atomic mass is 10.0. The zero-order chi connectivity index (χ0) is 22.8. The summed E-state index contributed by atoms with van der Waals surface area (Å²) in [6, 6.07) is 6.37. The predicted molar refractivity (Wildman–Crippen MR) is 130 cm³/mol. The molecule has 2 heterocycles. The van der Waals surface area contributed by atoms with E-state index in [-0.39, 0.29) is 18.0 Å². The van der Waals surface area contributed by atoms with E-state index in [4.69, 9.17) is 4.74 Å². The van der Waals surface area contributed by atoms with Gasteiger partial charge in [0, 0.05) is 59.3 Å². The van der Waals surface area contributed by atoms with E-state index in [9.17, 15) is 9.59 Å². The monoisotopic (exact) mass is 501 g/mol. The van der Waals surface area contributed by atoms with Gasteiger partial charge in [0.25, 0.3) is 11.5 Å². The molecule has 7 heteroatoms. The van der Waals surface area contributed by atoms with Crippen LogP contribution in [0.25, 0.3) is 0 Å². The molecule has 0 radical (unpaired) electrons. The highest BCUT2D eigenvalue weighted by Crippen LogP contribution is 2.37. The Morgan fingerprint density at radius 3 is 2.53 bits per heavy atom. The second kappa shape index (κ2) is 9.79. The minimum absolute atomic E-state index is 0.149. The molecule has 1 aliphatic heterocycles. The molecule has 1 aliphatic carbocycles. The number of ether oxygens (including phenoxy) is 1. The van der Waals surface area contributed by atoms with Crippen LogP contribution in [0.5, 0.6) is 0 Å². The van der Waals surface area contributed by atoms with Crippen molar-refractivity contribution in [2.45, 2.75) is 59.0 Å². The molecular weight excluding hydrogens is 470 g/mol. The number of carbonyl (C=O) groups is 1. The number of aromatic amines is 1. The van der Waals surface area contributed by atoms with Crippen molar-refractivity contribution in [1.82, 2.24) is 10.3 Å². The summed E-state index contributed by atoms with van der Waals surface area (Å²) in [6.45, 7) is 8.59. The number of halogens is 1. The Kier molecular flexibility index (Phi) is 7.05. The molecule has 0 atom stereocenters. The molecule has 0 bridgehead atoms. The number of hydrogen-bond acceptors (Lipinski definition) is 4. The van der Waals surface area contributed by atoms with Crippen molar-refractivity contribution in [3.63, 3.8) is 0 Å². The van der Waals surface area contributed by atoms with Gasteiger partial charge in [-0.1, -0.05) is 15.9 Å². The second-order valence-electron chi connectivity index (χ2n) is 9.16. The molecular formula is C25H32BrN3O3. The van der Waals surface area contributed by atoms with Gasteiger partial charge in [0.1, 0.15) is 0 Å². The molecule has 1 saturated heterocycles. The van der Waals surface area contributed by atoms with Crippen molar-refractivity contribution in [2.75, 3.05) is 24.7 Å². The number of nitrogens with one attached hydrogen (secondary N) is 2. The summed E-state index contributed by atoms with van der Waals surface area (Å²) in [7, 11) is 0. The van der Waals surface area contributed by atoms with Gasteiger partial charge in [-0.2, -0.15) is 0 Å². The lowest BCUT2D eigenvalue weighted by Crippen LogP contribution is -2.41. The largest absolute Gasteiger partial charge is 0.381 e. The highest BCUT2D eigenvalue weighted by Gasteiger charge is 2.31. The molecule has 1 aromatic carbocycles. The van der Waals surface area contributed by atoms with Crippen LogP contribution >= 0.6 is 15.9 Å². The first-order valence-electron chi connectivity index (χ1n) is 11.5. The SMILES string of the molecule is Cc1cc(C)c(CNC(=O)c2cc(Br)cc(N(CC3CC3)C3CCOCC3)c2C)c(=O)[nH]1. The van der Waals surface area contributed by atoms with Crippen LogP contribution in [0.15, 0.2) is 27.5 Å². The maximum absolute atomic E-state index is 13.2. The van der Waals surface area contributed by atoms with Crippen molar-refractivity contribution >= 4 is 27.5 Å². The molecule has 2 aliphatic rings. The fraction of sp³-hybridized carbons (Fsp3) is 0.520. The van der Waals surface area contributed by atoms with Gasteiger partial charge < -0.3 is 19.9 Å². The van der Waals surface area contributed by atoms with E-state index in [0.29, 0.717) is 17.2 Å². The van der Waals surface area contributed by atoms with E-state index in [1.165, 1.54) is 12.8 Å². The third kappa shape index (κ3) is 5.26. The van der Waals surface area contributed by atoms with Gasteiger partial charge in [0.05, 0.1) is 0 Å². The molecule has 172 valence electrons. The van der Waals surface area contributed by atoms with Crippen LogP contribution in [0.2, 0.25) is 0 Å². The molecule has 32 heavy (non-hydrogen) atoms. The molecule has 2 fully saturated rings. The maximum atomic E-state index is 13.2. The average molecular weight is 502 g/mol. The topological polar surface area (TPSA) is 74.4 Å². The highest BCUT2D eigenvalue weighted by molar-refractivity contribution is 9.10. The van der Waals surface area contributed by atoms with Gasteiger partial charge in [0.2, 0.25) is 0 Å². The number of hydrogen-bond donors (Lipinski definition) is 2. The molecule has 4 rings (SSSR count). The summed E-state index contributed by atoms with van der Waals surface area (Å²) in [5.41, 5.74) is 4.88. The Balaban J connectivity index is 1.59. The zero-order valence-electron chi connectivity index (χ0n) is 19.1. The Hall–Kier alpha value is -2.12. The number of pyridine rings is 1. The predicted octanol–water partition coefficient (Wildman–Crippen LogP) is 4.39. The van der Waals surface area contributed by atoms with Crippen LogP contribution in [0.3, 0.4) is 0 Å². The quantitative estimate of drug-likeness (QED) is 0.589. The normalized spacial score (nSPS) is 16.8. The number of nitrogens with zero attached hydrogens (tertiary/aromatic N) is 1. The average Bonchev–Trinajstić information content (AvgIpc) is 3.57. The number of rotatable bonds is 7. The van der Waals surface area contributed by atoms with Crippen LogP contribution in [0.1, 0.15) is 58.4 Å². The fourth-order valence-electron chi connectivity index (χ4n) is 4.58. The van der Waals surface area contributed by atoms with Gasteiger partial charge in [-0.25, -0.2) is 0 Å². The number of H-pyrrole nitrogens is 1. The molecule has 1 amide bonds. The Bertz CT molecular complexity index is 1060. The van der Waals surface area contributed by atoms with Gasteiger partial charge in [0.15, 0.2) is 0 Å². The molecule has 6 nitrogen and oxygen atoms in total. The second-order valence-corrected chi connectivity index (χ2v) is 10.1. The number of benzene rings is 1. The lowest BCUT2D eigenvalue weighted by molar-refractivity contribution is 0.0841. The third-order valence-electron chi connectivity index (χ3n) is 6.60. The highest BCUT2D eigenvalue weighted by atomic mass is 79.9. The molecule has 0 unspecified atom stereocenters. The van der Waals surface area contributed by atoms with Crippen molar-refractivity contribution in [1.29, 1.82) is 0 Å². The summed E-state index contributed by atoms with van der Waals surface area (Å²) < 4.78 is 6.48. The van der Waals surface area contributed by atoms with E-state index in [1.54, 1.807) is 0 Å². The minimum Gasteiger partial charge on any atom is -0.381 e. The summed E-state index contributed by atoms with van der Waals surface area (Å²) in [5, 5.41) is 2.96. The van der Waals surface area contributed by atoms with E-state index >= 15 is 0 Å². The zero-order valence-corrected chi connectivity index (χ0v) is 20.7. The molecule has 2 N–H and O–H groups in total. The summed E-state index contributed by atoms with van der Waals surface area (Å²) in [6.07, 6.45) is 4.58. The summed E-state index contributed by atoms with van der Waals surface area (Å²) >= 11 is 3.63. The smallest absolute Gasteiger partial charge is 0.253 e. The van der Waals surface area contributed by atoms with Gasteiger partial charge in [-0.3, -0.25) is 9.59 Å². The standard InChI is InChI=1S/C25H32BrN3O3/c1-15-10-16(2)28-25(31)22(15)13-27-24(30)21-11-19(26)12-23(17(21)3)29(14-18-4-5-18)20-6-8-32-9-7-20/h10-12,18,20H,4-9,13-14H2,1-3H3,(H,27,30)(H,28,31). The Morgan fingerprint density at radius 1 is 1.16 bits per heavy atom. The Labute approximate surface area is 197 Å². The first kappa shape index (κ1) is 23.1. The number of aromatic nitrogens is 1. The van der Waals surface area contributed by atoms with Crippen molar-refractivity contribution in [3.05, 3.63) is 61.0 Å². The summed E-state index contributed by atoms with van der Waals surface area (Å²) in [4.78, 5) is 30.8. The van der Waals surface area contributed by atoms with Crippen LogP contribution in [-0.2, 0) is 11.3 Å². The van der Waals surface area contributed by atoms with E-state index in [0.717, 1.165) is 65.5 Å². The first-order chi connectivity index (χ1) is 15.3. The van der Waals surface area contributed by atoms with Crippen LogP contribution in [0, 0.1) is 26.7 Å². The van der Waals surface area contributed by atoms with Crippen LogP contribution in [-0.4, -0.2) is 36.7 Å². The van der Waals surface area contributed by atoms with Crippen LogP contribution in [0.4, 0.5) is 5.69 Å². The first-order valence-corrected chi connectivity index (χ1v) is 12.2. The van der Waals surface area contributed by atoms with E-state index in [2.05, 4.69) is 37.2 Å². The van der Waals surface area contributed by atoms with E-state index < -0.39 is 0 Å². The molecule has 1 aromatic heterocycles. The molecule has 2 aromatic rings. The van der Waals surface area contributed by atoms with Crippen molar-refractivity contribution < 1.29 is 9.53 Å². The minimum atomic E-state index is -0.164. The van der Waals surface area contributed by atoms with Crippen molar-refractivity contribution in [3.8, 4) is 0 Å². The maximum Gasteiger partial charge on any atom is 0.253 e. The molecule has 1 saturated carbocycles. The number of amides is 1. The van der Waals surface area contributed by atoms with Crippen LogP contribution < -0.4 is 15.8 Å². The lowest BCUT2D eigenvalue weighted by Gasteiger charge is -2.37. The van der Waals surface area contributed by atoms with E-state index in [1.807, 2.05) is 32.9 Å². The van der Waals surface area contributed by atoms with Gasteiger partial charge in [-0.05, 0) is 81.7 Å². The third-order valence-corrected chi connectivity index (χ3v) is 7.06. The van der Waals surface area contributed by atoms with Crippen molar-refractivity contribution in [2.24, 2.45) is 5.92 Å².